The molecule has 0 bridgehead atoms. The Morgan fingerprint density at radius 3 is 2.92 bits per heavy atom. The summed E-state index contributed by atoms with van der Waals surface area (Å²) in [7, 11) is 0. The molecular formula is C20H23ClN2O2. The van der Waals surface area contributed by atoms with Crippen LogP contribution in [0.1, 0.15) is 18.4 Å². The fraction of sp³-hybridized carbons (Fsp3) is 0.400. The van der Waals surface area contributed by atoms with Crippen molar-refractivity contribution >= 4 is 11.6 Å². The summed E-state index contributed by atoms with van der Waals surface area (Å²) in [5.41, 5.74) is 3.00. The topological polar surface area (TPSA) is 44.7 Å². The lowest BCUT2D eigenvalue weighted by molar-refractivity contribution is 0.144. The number of phenolic OH excluding ortho intramolecular Hbond substituents is 1. The van der Waals surface area contributed by atoms with Crippen LogP contribution in [0.15, 0.2) is 36.4 Å². The highest BCUT2D eigenvalue weighted by Crippen LogP contribution is 2.38. The Bertz CT molecular complexity index is 759. The van der Waals surface area contributed by atoms with Gasteiger partial charge in [-0.1, -0.05) is 23.7 Å². The Hall–Kier alpha value is -1.75. The molecular weight excluding hydrogens is 336 g/mol. The third-order valence-electron chi connectivity index (χ3n) is 5.09. The summed E-state index contributed by atoms with van der Waals surface area (Å²) >= 11 is 6.13. The van der Waals surface area contributed by atoms with Crippen LogP contribution >= 0.6 is 11.6 Å². The number of benzene rings is 2. The van der Waals surface area contributed by atoms with Gasteiger partial charge in [0.05, 0.1) is 0 Å². The van der Waals surface area contributed by atoms with E-state index >= 15 is 0 Å². The van der Waals surface area contributed by atoms with Crippen LogP contribution in [-0.2, 0) is 6.54 Å². The molecule has 0 radical (unpaired) electrons. The summed E-state index contributed by atoms with van der Waals surface area (Å²) in [6.45, 7) is 4.41. The fourth-order valence-corrected chi connectivity index (χ4v) is 4.00. The first-order chi connectivity index (χ1) is 12.2. The number of hydrogen-bond acceptors (Lipinski definition) is 4. The average molecular weight is 359 g/mol. The molecule has 2 aromatic carbocycles. The summed E-state index contributed by atoms with van der Waals surface area (Å²) in [4.78, 5) is 2.47. The van der Waals surface area contributed by atoms with E-state index < -0.39 is 0 Å². The highest BCUT2D eigenvalue weighted by Gasteiger charge is 2.26. The zero-order valence-electron chi connectivity index (χ0n) is 14.2. The maximum absolute atomic E-state index is 10.5. The second kappa shape index (κ2) is 7.24. The molecule has 1 saturated heterocycles. The molecule has 2 aliphatic rings. The van der Waals surface area contributed by atoms with Crippen molar-refractivity contribution in [1.82, 2.24) is 10.2 Å². The third kappa shape index (κ3) is 3.61. The molecule has 2 N–H and O–H groups in total. The molecule has 2 aromatic rings. The van der Waals surface area contributed by atoms with Crippen LogP contribution in [0.5, 0.6) is 11.5 Å². The van der Waals surface area contributed by atoms with Gasteiger partial charge in [-0.15, -0.1) is 0 Å². The van der Waals surface area contributed by atoms with Crippen molar-refractivity contribution in [1.29, 1.82) is 0 Å². The van der Waals surface area contributed by atoms with Gasteiger partial charge in [0.15, 0.2) is 11.5 Å². The number of phenols is 1. The minimum atomic E-state index is 0.205. The van der Waals surface area contributed by atoms with E-state index in [1.807, 2.05) is 24.3 Å². The van der Waals surface area contributed by atoms with E-state index in [9.17, 15) is 5.11 Å². The Balaban J connectivity index is 1.67. The normalized spacial score (nSPS) is 21.2. The number of piperidine rings is 1. The number of aromatic hydroxyl groups is 1. The maximum Gasteiger partial charge on any atom is 0.165 e. The van der Waals surface area contributed by atoms with E-state index in [1.165, 1.54) is 12.8 Å². The first-order valence-electron chi connectivity index (χ1n) is 8.90. The largest absolute Gasteiger partial charge is 0.504 e. The molecule has 2 aliphatic heterocycles. The van der Waals surface area contributed by atoms with Crippen molar-refractivity contribution in [3.8, 4) is 22.6 Å². The zero-order chi connectivity index (χ0) is 17.2. The smallest absolute Gasteiger partial charge is 0.165 e. The Kier molecular flexibility index (Phi) is 4.84. The van der Waals surface area contributed by atoms with Gasteiger partial charge in [0.2, 0.25) is 0 Å². The molecule has 0 aliphatic carbocycles. The van der Waals surface area contributed by atoms with Gasteiger partial charge in [-0.3, -0.25) is 4.90 Å². The first-order valence-corrected chi connectivity index (χ1v) is 9.28. The predicted octanol–water partition coefficient (Wildman–Crippen LogP) is 3.66. The van der Waals surface area contributed by atoms with Crippen molar-refractivity contribution in [3.63, 3.8) is 0 Å². The van der Waals surface area contributed by atoms with Gasteiger partial charge in [0.25, 0.3) is 0 Å². The second-order valence-electron chi connectivity index (χ2n) is 6.81. The van der Waals surface area contributed by atoms with Gasteiger partial charge < -0.3 is 15.2 Å². The summed E-state index contributed by atoms with van der Waals surface area (Å²) in [6, 6.07) is 12.1. The van der Waals surface area contributed by atoms with Crippen molar-refractivity contribution < 1.29 is 9.84 Å². The molecule has 2 heterocycles. The monoisotopic (exact) mass is 358 g/mol. The number of rotatable bonds is 2. The number of ether oxygens (including phenoxy) is 1. The highest BCUT2D eigenvalue weighted by molar-refractivity contribution is 6.30. The van der Waals surface area contributed by atoms with Crippen molar-refractivity contribution in [2.45, 2.75) is 25.4 Å². The van der Waals surface area contributed by atoms with Crippen LogP contribution in [0.4, 0.5) is 0 Å². The molecule has 0 aromatic heterocycles. The predicted molar refractivity (Wildman–Crippen MR) is 100 cm³/mol. The molecule has 25 heavy (non-hydrogen) atoms. The fourth-order valence-electron chi connectivity index (χ4n) is 3.81. The van der Waals surface area contributed by atoms with Gasteiger partial charge >= 0.3 is 0 Å². The second-order valence-corrected chi connectivity index (χ2v) is 7.25. The molecule has 132 valence electrons. The Morgan fingerprint density at radius 1 is 1.20 bits per heavy atom. The molecule has 0 amide bonds. The van der Waals surface area contributed by atoms with Gasteiger partial charge in [0, 0.05) is 36.3 Å². The third-order valence-corrected chi connectivity index (χ3v) is 5.32. The van der Waals surface area contributed by atoms with Crippen LogP contribution in [0.25, 0.3) is 11.1 Å². The molecule has 5 heteroatoms. The van der Waals surface area contributed by atoms with E-state index in [2.05, 4.69) is 16.3 Å². The number of fused-ring (bicyclic) bond motifs is 1. The number of nitrogens with one attached hydrogen (secondary N) is 1. The van der Waals surface area contributed by atoms with E-state index in [0.29, 0.717) is 23.4 Å². The minimum Gasteiger partial charge on any atom is -0.504 e. The molecule has 4 nitrogen and oxygen atoms in total. The minimum absolute atomic E-state index is 0.205. The standard InChI is InChI=1S/C20H23ClN2O2/c21-17-4-1-3-14(10-17)15-9-16-13-23(18-5-2-6-22-12-18)7-8-25-20(16)19(24)11-15/h1,3-4,9-11,18,22,24H,2,5-8,12-13H2/t18-/m1/s1. The lowest BCUT2D eigenvalue weighted by Gasteiger charge is -2.33. The summed E-state index contributed by atoms with van der Waals surface area (Å²) in [5, 5.41) is 14.7. The average Bonchev–Trinajstić information content (AvgIpc) is 2.85. The van der Waals surface area contributed by atoms with Gasteiger partial charge in [0.1, 0.15) is 6.61 Å². The van der Waals surface area contributed by atoms with E-state index in [4.69, 9.17) is 16.3 Å². The van der Waals surface area contributed by atoms with Crippen molar-refractivity contribution in [2.24, 2.45) is 0 Å². The Morgan fingerprint density at radius 2 is 2.12 bits per heavy atom. The van der Waals surface area contributed by atoms with Gasteiger partial charge in [-0.25, -0.2) is 0 Å². The molecule has 0 spiro atoms. The quantitative estimate of drug-likeness (QED) is 0.860. The van der Waals surface area contributed by atoms with Crippen molar-refractivity contribution in [2.75, 3.05) is 26.2 Å². The van der Waals surface area contributed by atoms with Gasteiger partial charge in [-0.05, 0) is 54.8 Å². The molecule has 4 rings (SSSR count). The highest BCUT2D eigenvalue weighted by atomic mass is 35.5. The zero-order valence-corrected chi connectivity index (χ0v) is 14.9. The summed E-state index contributed by atoms with van der Waals surface area (Å²) in [5.74, 6) is 0.827. The summed E-state index contributed by atoms with van der Waals surface area (Å²) < 4.78 is 5.88. The van der Waals surface area contributed by atoms with E-state index in [1.54, 1.807) is 6.07 Å². The van der Waals surface area contributed by atoms with Crippen LogP contribution in [-0.4, -0.2) is 42.3 Å². The lowest BCUT2D eigenvalue weighted by atomic mass is 10.0. The molecule has 0 saturated carbocycles. The van der Waals surface area contributed by atoms with Crippen LogP contribution in [0, 0.1) is 0 Å². The molecule has 0 unspecified atom stereocenters. The van der Waals surface area contributed by atoms with Crippen molar-refractivity contribution in [3.05, 3.63) is 47.0 Å². The Labute approximate surface area is 153 Å². The maximum atomic E-state index is 10.5. The number of halogens is 1. The summed E-state index contributed by atoms with van der Waals surface area (Å²) in [6.07, 6.45) is 2.42. The van der Waals surface area contributed by atoms with E-state index in [-0.39, 0.29) is 5.75 Å². The number of nitrogens with zero attached hydrogens (tertiary/aromatic N) is 1. The van der Waals surface area contributed by atoms with Crippen LogP contribution in [0.3, 0.4) is 0 Å². The van der Waals surface area contributed by atoms with Crippen LogP contribution < -0.4 is 10.1 Å². The molecule has 1 fully saturated rings. The van der Waals surface area contributed by atoms with Gasteiger partial charge in [-0.2, -0.15) is 0 Å². The first kappa shape index (κ1) is 16.7. The SMILES string of the molecule is Oc1cc(-c2cccc(Cl)c2)cc2c1OCCN([C@@H]1CCCNC1)C2. The lowest BCUT2D eigenvalue weighted by Crippen LogP contribution is -2.46. The molecule has 1 atom stereocenters. The number of hydrogen-bond donors (Lipinski definition) is 2. The van der Waals surface area contributed by atoms with E-state index in [0.717, 1.165) is 42.9 Å². The van der Waals surface area contributed by atoms with Crippen LogP contribution in [0.2, 0.25) is 5.02 Å².